The van der Waals surface area contributed by atoms with Gasteiger partial charge in [0.1, 0.15) is 11.5 Å². The fraction of sp³-hybridized carbons (Fsp3) is 0.238. The van der Waals surface area contributed by atoms with E-state index in [1.54, 1.807) is 18.2 Å². The van der Waals surface area contributed by atoms with Crippen molar-refractivity contribution in [2.24, 2.45) is 0 Å². The number of carbonyl (C=O) groups is 2. The van der Waals surface area contributed by atoms with Crippen LogP contribution in [0.3, 0.4) is 0 Å². The van der Waals surface area contributed by atoms with Crippen LogP contribution in [0.2, 0.25) is 0 Å². The maximum Gasteiger partial charge on any atom is 0.248 e. The molecule has 0 bridgehead atoms. The van der Waals surface area contributed by atoms with Gasteiger partial charge in [0.25, 0.3) is 0 Å². The van der Waals surface area contributed by atoms with Gasteiger partial charge in [0.2, 0.25) is 11.8 Å². The van der Waals surface area contributed by atoms with Gasteiger partial charge in [0.05, 0.1) is 24.6 Å². The minimum Gasteiger partial charge on any atom is -0.492 e. The van der Waals surface area contributed by atoms with Crippen molar-refractivity contribution in [1.82, 2.24) is 0 Å². The zero-order valence-electron chi connectivity index (χ0n) is 15.7. The van der Waals surface area contributed by atoms with Gasteiger partial charge in [-0.25, -0.2) is 0 Å². The summed E-state index contributed by atoms with van der Waals surface area (Å²) >= 11 is 0. The van der Waals surface area contributed by atoms with Crippen LogP contribution in [0.4, 0.5) is 11.4 Å². The summed E-state index contributed by atoms with van der Waals surface area (Å²) in [5.74, 6) is 0.389. The van der Waals surface area contributed by atoms with Crippen LogP contribution in [0.5, 0.6) is 11.5 Å². The average Bonchev–Trinajstić information content (AvgIpc) is 2.64. The minimum absolute atomic E-state index is 0.221. The first-order chi connectivity index (χ1) is 13.0. The van der Waals surface area contributed by atoms with E-state index in [1.807, 2.05) is 44.2 Å². The number of hydrogen-bond acceptors (Lipinski definition) is 4. The molecule has 0 saturated carbocycles. The standard InChI is InChI=1S/C21H24N2O4/c1-4-26-19-14-18(20(27-5-2)13-17(19)22-15(3)24)23-21(25)12-11-16-9-7-6-8-10-16/h6-14H,4-5H2,1-3H3,(H,22,24)(H,23,25). The predicted octanol–water partition coefficient (Wildman–Crippen LogP) is 4.09. The summed E-state index contributed by atoms with van der Waals surface area (Å²) in [5.41, 5.74) is 1.89. The number of anilines is 2. The Kier molecular flexibility index (Phi) is 7.43. The molecular weight excluding hydrogens is 344 g/mol. The summed E-state index contributed by atoms with van der Waals surface area (Å²) in [5, 5.41) is 5.52. The quantitative estimate of drug-likeness (QED) is 0.688. The van der Waals surface area contributed by atoms with Crippen LogP contribution in [0.15, 0.2) is 48.5 Å². The molecule has 0 heterocycles. The van der Waals surface area contributed by atoms with Crippen molar-refractivity contribution in [3.8, 4) is 11.5 Å². The Morgan fingerprint density at radius 2 is 1.48 bits per heavy atom. The Morgan fingerprint density at radius 3 is 2.00 bits per heavy atom. The molecule has 0 aromatic heterocycles. The highest BCUT2D eigenvalue weighted by Gasteiger charge is 2.14. The second-order valence-corrected chi connectivity index (χ2v) is 5.63. The van der Waals surface area contributed by atoms with E-state index < -0.39 is 0 Å². The van der Waals surface area contributed by atoms with Crippen LogP contribution >= 0.6 is 0 Å². The topological polar surface area (TPSA) is 76.7 Å². The fourth-order valence-electron chi connectivity index (χ4n) is 2.41. The zero-order valence-corrected chi connectivity index (χ0v) is 15.7. The van der Waals surface area contributed by atoms with Gasteiger partial charge in [-0.1, -0.05) is 30.3 Å². The van der Waals surface area contributed by atoms with Crippen molar-refractivity contribution in [2.75, 3.05) is 23.8 Å². The molecule has 0 aliphatic rings. The molecule has 0 spiro atoms. The van der Waals surface area contributed by atoms with Crippen LogP contribution in [-0.4, -0.2) is 25.0 Å². The van der Waals surface area contributed by atoms with Gasteiger partial charge in [-0.15, -0.1) is 0 Å². The number of nitrogens with one attached hydrogen (secondary N) is 2. The number of amides is 2. The van der Waals surface area contributed by atoms with E-state index in [0.29, 0.717) is 36.1 Å². The van der Waals surface area contributed by atoms with E-state index >= 15 is 0 Å². The second-order valence-electron chi connectivity index (χ2n) is 5.63. The third-order valence-corrected chi connectivity index (χ3v) is 3.48. The van der Waals surface area contributed by atoms with Crippen LogP contribution in [0.25, 0.3) is 6.08 Å². The lowest BCUT2D eigenvalue weighted by molar-refractivity contribution is -0.114. The summed E-state index contributed by atoms with van der Waals surface area (Å²) < 4.78 is 11.2. The molecule has 2 rings (SSSR count). The third-order valence-electron chi connectivity index (χ3n) is 3.48. The highest BCUT2D eigenvalue weighted by molar-refractivity contribution is 6.03. The predicted molar refractivity (Wildman–Crippen MR) is 107 cm³/mol. The van der Waals surface area contributed by atoms with Crippen LogP contribution in [0, 0.1) is 0 Å². The smallest absolute Gasteiger partial charge is 0.248 e. The SMILES string of the molecule is CCOc1cc(NC(=O)C=Cc2ccccc2)c(OCC)cc1NC(C)=O. The minimum atomic E-state index is -0.297. The van der Waals surface area contributed by atoms with E-state index in [9.17, 15) is 9.59 Å². The lowest BCUT2D eigenvalue weighted by Gasteiger charge is -2.17. The number of rotatable bonds is 8. The lowest BCUT2D eigenvalue weighted by Crippen LogP contribution is -2.12. The summed E-state index contributed by atoms with van der Waals surface area (Å²) in [6, 6.07) is 12.8. The molecule has 0 atom stereocenters. The van der Waals surface area contributed by atoms with Gasteiger partial charge in [-0.05, 0) is 25.5 Å². The number of hydrogen-bond donors (Lipinski definition) is 2. The first kappa shape index (κ1) is 20.0. The summed E-state index contributed by atoms with van der Waals surface area (Å²) in [4.78, 5) is 23.7. The molecule has 0 radical (unpaired) electrons. The molecule has 2 N–H and O–H groups in total. The summed E-state index contributed by atoms with van der Waals surface area (Å²) in [6.45, 7) is 5.93. The second kappa shape index (κ2) is 10.0. The van der Waals surface area contributed by atoms with Crippen molar-refractivity contribution in [3.63, 3.8) is 0 Å². The third kappa shape index (κ3) is 6.18. The first-order valence-electron chi connectivity index (χ1n) is 8.78. The Morgan fingerprint density at radius 1 is 0.926 bits per heavy atom. The summed E-state index contributed by atoms with van der Waals surface area (Å²) in [6.07, 6.45) is 3.18. The first-order valence-corrected chi connectivity index (χ1v) is 8.78. The molecule has 0 unspecified atom stereocenters. The van der Waals surface area contributed by atoms with Crippen molar-refractivity contribution in [3.05, 3.63) is 54.1 Å². The number of benzene rings is 2. The Balaban J connectivity index is 2.27. The molecule has 0 aliphatic heterocycles. The maximum atomic E-state index is 12.3. The van der Waals surface area contributed by atoms with E-state index in [1.165, 1.54) is 13.0 Å². The molecular formula is C21H24N2O4. The van der Waals surface area contributed by atoms with Crippen molar-refractivity contribution < 1.29 is 19.1 Å². The van der Waals surface area contributed by atoms with Gasteiger partial charge in [0.15, 0.2) is 0 Å². The fourth-order valence-corrected chi connectivity index (χ4v) is 2.41. The molecule has 2 aromatic rings. The molecule has 2 aromatic carbocycles. The maximum absolute atomic E-state index is 12.3. The highest BCUT2D eigenvalue weighted by atomic mass is 16.5. The van der Waals surface area contributed by atoms with Crippen LogP contribution in [-0.2, 0) is 9.59 Å². The van der Waals surface area contributed by atoms with Gasteiger partial charge in [-0.2, -0.15) is 0 Å². The monoisotopic (exact) mass is 368 g/mol. The van der Waals surface area contributed by atoms with Gasteiger partial charge < -0.3 is 20.1 Å². The van der Waals surface area contributed by atoms with Gasteiger partial charge in [0, 0.05) is 25.1 Å². The molecule has 0 fully saturated rings. The normalized spacial score (nSPS) is 10.5. The highest BCUT2D eigenvalue weighted by Crippen LogP contribution is 2.37. The van der Waals surface area contributed by atoms with Crippen molar-refractivity contribution in [2.45, 2.75) is 20.8 Å². The van der Waals surface area contributed by atoms with Crippen molar-refractivity contribution in [1.29, 1.82) is 0 Å². The molecule has 6 nitrogen and oxygen atoms in total. The number of carbonyl (C=O) groups excluding carboxylic acids is 2. The van der Waals surface area contributed by atoms with Crippen LogP contribution in [0.1, 0.15) is 26.3 Å². The summed E-state index contributed by atoms with van der Waals surface area (Å²) in [7, 11) is 0. The van der Waals surface area contributed by atoms with Crippen LogP contribution < -0.4 is 20.1 Å². The van der Waals surface area contributed by atoms with Crippen molar-refractivity contribution >= 4 is 29.3 Å². The molecule has 0 saturated heterocycles. The lowest BCUT2D eigenvalue weighted by atomic mass is 10.2. The average molecular weight is 368 g/mol. The Hall–Kier alpha value is -3.28. The van der Waals surface area contributed by atoms with Gasteiger partial charge >= 0.3 is 0 Å². The largest absolute Gasteiger partial charge is 0.492 e. The van der Waals surface area contributed by atoms with E-state index in [2.05, 4.69) is 10.6 Å². The Labute approximate surface area is 159 Å². The zero-order chi connectivity index (χ0) is 19.6. The number of ether oxygens (including phenoxy) is 2. The molecule has 0 aliphatic carbocycles. The van der Waals surface area contributed by atoms with E-state index in [0.717, 1.165) is 5.56 Å². The molecule has 6 heteroatoms. The molecule has 27 heavy (non-hydrogen) atoms. The molecule has 2 amide bonds. The Bertz CT molecular complexity index is 816. The van der Waals surface area contributed by atoms with E-state index in [-0.39, 0.29) is 11.8 Å². The molecule has 142 valence electrons. The van der Waals surface area contributed by atoms with Gasteiger partial charge in [-0.3, -0.25) is 9.59 Å². The van der Waals surface area contributed by atoms with E-state index in [4.69, 9.17) is 9.47 Å².